The molecule has 0 radical (unpaired) electrons. The number of carbonyl (C=O) groups is 2. The average Bonchev–Trinajstić information content (AvgIpc) is 2.47. The van der Waals surface area contributed by atoms with Crippen LogP contribution >= 0.6 is 0 Å². The van der Waals surface area contributed by atoms with Crippen LogP contribution in [0.5, 0.6) is 0 Å². The van der Waals surface area contributed by atoms with Crippen molar-refractivity contribution < 1.29 is 19.4 Å². The molecule has 5 heteroatoms. The minimum atomic E-state index is -0.913. The van der Waals surface area contributed by atoms with Crippen LogP contribution in [0.3, 0.4) is 0 Å². The number of aliphatic carboxylic acids is 1. The highest BCUT2D eigenvalue weighted by Gasteiger charge is 2.17. The normalized spacial score (nSPS) is 12.6. The largest absolute Gasteiger partial charge is 0.480 e. The van der Waals surface area contributed by atoms with Crippen molar-refractivity contribution in [1.82, 2.24) is 0 Å². The number of ether oxygens (including phenoxy) is 1. The molecule has 0 aliphatic carbocycles. The summed E-state index contributed by atoms with van der Waals surface area (Å²) in [5.41, 5.74) is 6.26. The minimum absolute atomic E-state index is 0.0718. The van der Waals surface area contributed by atoms with Crippen LogP contribution in [-0.4, -0.2) is 30.2 Å². The first kappa shape index (κ1) is 18.1. The lowest BCUT2D eigenvalue weighted by Gasteiger charge is -2.11. The summed E-state index contributed by atoms with van der Waals surface area (Å²) in [5.74, 6) is -1.04. The van der Waals surface area contributed by atoms with Crippen LogP contribution in [0, 0.1) is 5.92 Å². The number of nitrogens with two attached hydrogens (primary N) is 1. The van der Waals surface area contributed by atoms with Crippen molar-refractivity contribution in [3.63, 3.8) is 0 Å². The van der Waals surface area contributed by atoms with E-state index in [4.69, 9.17) is 10.8 Å². The lowest BCUT2D eigenvalue weighted by Crippen LogP contribution is -2.36. The predicted octanol–water partition coefficient (Wildman–Crippen LogP) is 1.85. The lowest BCUT2D eigenvalue weighted by atomic mass is 10.0. The number of esters is 1. The minimum Gasteiger partial charge on any atom is -0.480 e. The highest BCUT2D eigenvalue weighted by molar-refractivity contribution is 5.73. The topological polar surface area (TPSA) is 89.6 Å². The molecule has 0 saturated heterocycles. The molecule has 0 bridgehead atoms. The number of rotatable bonds is 5. The first-order valence-electron chi connectivity index (χ1n) is 6.51. The second kappa shape index (κ2) is 9.97. The molecule has 1 rings (SSSR count). The van der Waals surface area contributed by atoms with Crippen molar-refractivity contribution in [2.75, 3.05) is 7.11 Å². The maximum Gasteiger partial charge on any atom is 0.320 e. The van der Waals surface area contributed by atoms with Crippen molar-refractivity contribution in [3.05, 3.63) is 35.9 Å². The molecule has 0 heterocycles. The van der Waals surface area contributed by atoms with E-state index in [1.807, 2.05) is 44.2 Å². The summed E-state index contributed by atoms with van der Waals surface area (Å²) in [7, 11) is 1.39. The van der Waals surface area contributed by atoms with Crippen molar-refractivity contribution in [2.24, 2.45) is 11.7 Å². The molecule has 112 valence electrons. The van der Waals surface area contributed by atoms with E-state index < -0.39 is 12.0 Å². The fourth-order valence-electron chi connectivity index (χ4n) is 1.33. The molecule has 0 amide bonds. The van der Waals surface area contributed by atoms with E-state index in [2.05, 4.69) is 4.74 Å². The van der Waals surface area contributed by atoms with E-state index in [1.165, 1.54) is 7.11 Å². The molecular formula is C15H23NO4. The van der Waals surface area contributed by atoms with Gasteiger partial charge in [0.05, 0.1) is 13.5 Å². The standard InChI is InChI=1S/C9H10O2.C6H13NO2/c1-11-9(10)7-8-5-3-2-4-6-8;1-3-4(2)5(7)6(8)9/h2-6H,7H2,1H3;4-5H,3,7H2,1-2H3,(H,8,9)/t;4-,5-/m.0/s1. The van der Waals surface area contributed by atoms with Gasteiger partial charge in [-0.25, -0.2) is 0 Å². The summed E-state index contributed by atoms with van der Waals surface area (Å²) < 4.78 is 4.52. The Morgan fingerprint density at radius 1 is 1.30 bits per heavy atom. The Labute approximate surface area is 119 Å². The zero-order valence-corrected chi connectivity index (χ0v) is 12.2. The molecule has 1 aromatic rings. The van der Waals surface area contributed by atoms with Gasteiger partial charge in [-0.1, -0.05) is 50.6 Å². The molecule has 0 spiro atoms. The average molecular weight is 281 g/mol. The van der Waals surface area contributed by atoms with Gasteiger partial charge in [-0.2, -0.15) is 0 Å². The van der Waals surface area contributed by atoms with Crippen molar-refractivity contribution in [1.29, 1.82) is 0 Å². The van der Waals surface area contributed by atoms with E-state index in [0.717, 1.165) is 12.0 Å². The molecule has 0 unspecified atom stereocenters. The predicted molar refractivity (Wildman–Crippen MR) is 77.2 cm³/mol. The van der Waals surface area contributed by atoms with Gasteiger partial charge >= 0.3 is 11.9 Å². The van der Waals surface area contributed by atoms with Crippen molar-refractivity contribution in [2.45, 2.75) is 32.7 Å². The molecule has 20 heavy (non-hydrogen) atoms. The van der Waals surface area contributed by atoms with Crippen LogP contribution in [0.15, 0.2) is 30.3 Å². The maximum absolute atomic E-state index is 10.8. The van der Waals surface area contributed by atoms with E-state index in [9.17, 15) is 9.59 Å². The molecule has 0 aliphatic rings. The third-order valence-electron chi connectivity index (χ3n) is 2.96. The van der Waals surface area contributed by atoms with Crippen LogP contribution in [0.4, 0.5) is 0 Å². The molecule has 1 aromatic carbocycles. The Balaban J connectivity index is 0.000000370. The molecule has 0 aromatic heterocycles. The molecular weight excluding hydrogens is 258 g/mol. The van der Waals surface area contributed by atoms with Gasteiger partial charge in [-0.05, 0) is 11.5 Å². The van der Waals surface area contributed by atoms with Crippen LogP contribution in [0.2, 0.25) is 0 Å². The SMILES string of the molecule is CC[C@H](C)[C@H](N)C(=O)O.COC(=O)Cc1ccccc1. The van der Waals surface area contributed by atoms with E-state index in [1.54, 1.807) is 0 Å². The van der Waals surface area contributed by atoms with E-state index >= 15 is 0 Å². The van der Waals surface area contributed by atoms with Crippen molar-refractivity contribution >= 4 is 11.9 Å². The zero-order chi connectivity index (χ0) is 15.5. The van der Waals surface area contributed by atoms with Gasteiger partial charge in [0.15, 0.2) is 0 Å². The molecule has 5 nitrogen and oxygen atoms in total. The van der Waals surface area contributed by atoms with Crippen LogP contribution in [0.1, 0.15) is 25.8 Å². The lowest BCUT2D eigenvalue weighted by molar-refractivity contribution is -0.140. The van der Waals surface area contributed by atoms with Crippen molar-refractivity contribution in [3.8, 4) is 0 Å². The molecule has 0 aliphatic heterocycles. The summed E-state index contributed by atoms with van der Waals surface area (Å²) in [6.07, 6.45) is 1.17. The quantitative estimate of drug-likeness (QED) is 0.804. The Hall–Kier alpha value is -1.88. The van der Waals surface area contributed by atoms with Gasteiger partial charge in [0, 0.05) is 0 Å². The summed E-state index contributed by atoms with van der Waals surface area (Å²) in [6.45, 7) is 3.76. The third-order valence-corrected chi connectivity index (χ3v) is 2.96. The third kappa shape index (κ3) is 7.53. The highest BCUT2D eigenvalue weighted by Crippen LogP contribution is 2.04. The van der Waals surface area contributed by atoms with Crippen LogP contribution < -0.4 is 5.73 Å². The molecule has 2 atom stereocenters. The smallest absolute Gasteiger partial charge is 0.320 e. The summed E-state index contributed by atoms with van der Waals surface area (Å²) in [6, 6.07) is 8.82. The number of carboxylic acid groups (broad SMARTS) is 1. The van der Waals surface area contributed by atoms with Gasteiger partial charge in [0.25, 0.3) is 0 Å². The molecule has 0 saturated carbocycles. The Kier molecular flexibility index (Phi) is 9.04. The van der Waals surface area contributed by atoms with Gasteiger partial charge in [0.2, 0.25) is 0 Å². The zero-order valence-electron chi connectivity index (χ0n) is 12.2. The summed E-state index contributed by atoms with van der Waals surface area (Å²) >= 11 is 0. The Morgan fingerprint density at radius 3 is 2.20 bits per heavy atom. The number of hydrogen-bond donors (Lipinski definition) is 2. The fourth-order valence-corrected chi connectivity index (χ4v) is 1.33. The number of carbonyl (C=O) groups excluding carboxylic acids is 1. The van der Waals surface area contributed by atoms with Gasteiger partial charge in [0.1, 0.15) is 6.04 Å². The van der Waals surface area contributed by atoms with Crippen LogP contribution in [-0.2, 0) is 20.7 Å². The highest BCUT2D eigenvalue weighted by atomic mass is 16.5. The summed E-state index contributed by atoms with van der Waals surface area (Å²) in [4.78, 5) is 20.9. The second-order valence-corrected chi connectivity index (χ2v) is 4.49. The van der Waals surface area contributed by atoms with Gasteiger partial charge in [-0.15, -0.1) is 0 Å². The molecule has 0 fully saturated rings. The van der Waals surface area contributed by atoms with Gasteiger partial charge in [-0.3, -0.25) is 9.59 Å². The first-order valence-corrected chi connectivity index (χ1v) is 6.51. The number of carboxylic acids is 1. The van der Waals surface area contributed by atoms with E-state index in [-0.39, 0.29) is 11.9 Å². The number of benzene rings is 1. The first-order chi connectivity index (χ1) is 9.42. The van der Waals surface area contributed by atoms with Gasteiger partial charge < -0.3 is 15.6 Å². The number of hydrogen-bond acceptors (Lipinski definition) is 4. The second-order valence-electron chi connectivity index (χ2n) is 4.49. The molecule has 3 N–H and O–H groups in total. The fraction of sp³-hybridized carbons (Fsp3) is 0.467. The maximum atomic E-state index is 10.8. The monoisotopic (exact) mass is 281 g/mol. The van der Waals surface area contributed by atoms with E-state index in [0.29, 0.717) is 6.42 Å². The number of methoxy groups -OCH3 is 1. The summed E-state index contributed by atoms with van der Waals surface area (Å²) in [5, 5.41) is 8.36. The Bertz CT molecular complexity index is 406. The Morgan fingerprint density at radius 2 is 1.85 bits per heavy atom. The van der Waals surface area contributed by atoms with Crippen LogP contribution in [0.25, 0.3) is 0 Å².